The molecule has 13 heavy (non-hydrogen) atoms. The van der Waals surface area contributed by atoms with Crippen LogP contribution in [0, 0.1) is 11.3 Å². The molecule has 3 heteroatoms. The maximum atomic E-state index is 10.6. The van der Waals surface area contributed by atoms with Crippen LogP contribution in [0.15, 0.2) is 24.3 Å². The van der Waals surface area contributed by atoms with Crippen molar-refractivity contribution in [2.45, 2.75) is 12.8 Å². The largest absolute Gasteiger partial charge is 0.369 e. The van der Waals surface area contributed by atoms with Crippen LogP contribution < -0.4 is 5.73 Å². The van der Waals surface area contributed by atoms with Crippen LogP contribution in [0.25, 0.3) is 0 Å². The number of hydrogen-bond donors (Lipinski definition) is 1. The Kier molecular flexibility index (Phi) is 3.04. The fourth-order valence-corrected chi connectivity index (χ4v) is 1.14. The first-order valence-electron chi connectivity index (χ1n) is 3.95. The van der Waals surface area contributed by atoms with Gasteiger partial charge in [0.1, 0.15) is 0 Å². The Labute approximate surface area is 76.8 Å². The number of nitrogens with zero attached hydrogens (tertiary/aromatic N) is 1. The lowest BCUT2D eigenvalue weighted by atomic mass is 10.1. The summed E-state index contributed by atoms with van der Waals surface area (Å²) in [5.41, 5.74) is 6.82. The number of nitriles is 1. The predicted molar refractivity (Wildman–Crippen MR) is 48.7 cm³/mol. The van der Waals surface area contributed by atoms with Crippen LogP contribution >= 0.6 is 0 Å². The van der Waals surface area contributed by atoms with Crippen molar-refractivity contribution in [3.8, 4) is 6.07 Å². The minimum atomic E-state index is -0.353. The highest BCUT2D eigenvalue weighted by Gasteiger charge is 1.99. The average Bonchev–Trinajstić information content (AvgIpc) is 2.04. The molecule has 0 aliphatic carbocycles. The number of carbonyl (C=O) groups excluding carboxylic acids is 1. The molecule has 0 saturated heterocycles. The molecule has 1 aromatic rings. The van der Waals surface area contributed by atoms with E-state index < -0.39 is 0 Å². The van der Waals surface area contributed by atoms with E-state index in [0.717, 1.165) is 11.1 Å². The number of rotatable bonds is 3. The molecule has 0 atom stereocenters. The summed E-state index contributed by atoms with van der Waals surface area (Å²) in [6.07, 6.45) is 0.603. The zero-order chi connectivity index (χ0) is 9.68. The van der Waals surface area contributed by atoms with Gasteiger partial charge in [-0.25, -0.2) is 0 Å². The van der Waals surface area contributed by atoms with Crippen molar-refractivity contribution in [2.75, 3.05) is 0 Å². The summed E-state index contributed by atoms with van der Waals surface area (Å²) in [6, 6.07) is 9.38. The summed E-state index contributed by atoms with van der Waals surface area (Å²) in [6.45, 7) is 0. The fourth-order valence-electron chi connectivity index (χ4n) is 1.14. The smallest absolute Gasteiger partial charge is 0.221 e. The molecule has 0 aromatic heterocycles. The number of nitrogens with two attached hydrogens (primary N) is 1. The lowest BCUT2D eigenvalue weighted by Crippen LogP contribution is -2.13. The van der Waals surface area contributed by atoms with Gasteiger partial charge in [0.2, 0.25) is 5.91 Å². The van der Waals surface area contributed by atoms with Crippen LogP contribution in [-0.4, -0.2) is 5.91 Å². The Balaban J connectivity index is 2.80. The lowest BCUT2D eigenvalue weighted by molar-refractivity contribution is -0.117. The molecule has 0 spiro atoms. The summed E-state index contributed by atoms with van der Waals surface area (Å²) in [5, 5.41) is 8.45. The monoisotopic (exact) mass is 174 g/mol. The van der Waals surface area contributed by atoms with Crippen LogP contribution in [0.4, 0.5) is 0 Å². The molecular formula is C10H10N2O. The predicted octanol–water partition coefficient (Wildman–Crippen LogP) is 0.780. The number of primary amides is 1. The van der Waals surface area contributed by atoms with E-state index in [0.29, 0.717) is 6.42 Å². The molecule has 3 nitrogen and oxygen atoms in total. The second-order valence-corrected chi connectivity index (χ2v) is 2.80. The zero-order valence-electron chi connectivity index (χ0n) is 7.16. The van der Waals surface area contributed by atoms with Gasteiger partial charge in [-0.15, -0.1) is 0 Å². The summed E-state index contributed by atoms with van der Waals surface area (Å²) >= 11 is 0. The Bertz CT molecular complexity index is 352. The molecule has 0 saturated carbocycles. The minimum Gasteiger partial charge on any atom is -0.369 e. The number of amides is 1. The van der Waals surface area contributed by atoms with Gasteiger partial charge in [0, 0.05) is 0 Å². The Morgan fingerprint density at radius 1 is 1.46 bits per heavy atom. The van der Waals surface area contributed by atoms with Gasteiger partial charge in [-0.05, 0) is 11.1 Å². The average molecular weight is 174 g/mol. The second-order valence-electron chi connectivity index (χ2n) is 2.80. The molecule has 66 valence electrons. The van der Waals surface area contributed by atoms with E-state index in [1.54, 1.807) is 0 Å². The van der Waals surface area contributed by atoms with Crippen LogP contribution in [0.3, 0.4) is 0 Å². The van der Waals surface area contributed by atoms with E-state index in [1.165, 1.54) is 0 Å². The highest BCUT2D eigenvalue weighted by atomic mass is 16.1. The van der Waals surface area contributed by atoms with Crippen molar-refractivity contribution in [2.24, 2.45) is 5.73 Å². The maximum absolute atomic E-state index is 10.6. The van der Waals surface area contributed by atoms with E-state index in [4.69, 9.17) is 11.0 Å². The van der Waals surface area contributed by atoms with E-state index in [2.05, 4.69) is 0 Å². The van der Waals surface area contributed by atoms with Crippen molar-refractivity contribution in [1.82, 2.24) is 0 Å². The third-order valence-corrected chi connectivity index (χ3v) is 1.65. The minimum absolute atomic E-state index is 0.235. The highest BCUT2D eigenvalue weighted by molar-refractivity contribution is 5.76. The molecule has 0 bridgehead atoms. The molecule has 0 aliphatic rings. The summed E-state index contributed by atoms with van der Waals surface area (Å²) < 4.78 is 0. The topological polar surface area (TPSA) is 66.9 Å². The third-order valence-electron chi connectivity index (χ3n) is 1.65. The summed E-state index contributed by atoms with van der Waals surface area (Å²) in [7, 11) is 0. The van der Waals surface area contributed by atoms with E-state index in [9.17, 15) is 4.79 Å². The van der Waals surface area contributed by atoms with Crippen LogP contribution in [-0.2, 0) is 17.6 Å². The van der Waals surface area contributed by atoms with Crippen molar-refractivity contribution >= 4 is 5.91 Å². The molecular weight excluding hydrogens is 164 g/mol. The quantitative estimate of drug-likeness (QED) is 0.735. The van der Waals surface area contributed by atoms with Crippen LogP contribution in [0.2, 0.25) is 0 Å². The Morgan fingerprint density at radius 2 is 2.15 bits per heavy atom. The number of benzene rings is 1. The van der Waals surface area contributed by atoms with E-state index in [-0.39, 0.29) is 12.3 Å². The standard InChI is InChI=1S/C10H10N2O/c11-5-4-8-2-1-3-9(6-8)7-10(12)13/h1-3,6H,4,7H2,(H2,12,13). The zero-order valence-corrected chi connectivity index (χ0v) is 7.16. The Morgan fingerprint density at radius 3 is 2.77 bits per heavy atom. The van der Waals surface area contributed by atoms with Crippen LogP contribution in [0.5, 0.6) is 0 Å². The van der Waals surface area contributed by atoms with E-state index >= 15 is 0 Å². The van der Waals surface area contributed by atoms with Gasteiger partial charge in [-0.1, -0.05) is 24.3 Å². The summed E-state index contributed by atoms with van der Waals surface area (Å²) in [4.78, 5) is 10.6. The van der Waals surface area contributed by atoms with Gasteiger partial charge in [-0.3, -0.25) is 4.79 Å². The molecule has 1 rings (SSSR count). The lowest BCUT2D eigenvalue weighted by Gasteiger charge is -1.99. The van der Waals surface area contributed by atoms with Crippen molar-refractivity contribution in [3.63, 3.8) is 0 Å². The van der Waals surface area contributed by atoms with Gasteiger partial charge >= 0.3 is 0 Å². The number of hydrogen-bond acceptors (Lipinski definition) is 2. The van der Waals surface area contributed by atoms with Crippen LogP contribution in [0.1, 0.15) is 11.1 Å². The molecule has 0 radical (unpaired) electrons. The normalized spacial score (nSPS) is 9.15. The first-order valence-corrected chi connectivity index (χ1v) is 3.95. The van der Waals surface area contributed by atoms with Gasteiger partial charge in [0.05, 0.1) is 18.9 Å². The SMILES string of the molecule is N#CCc1cccc(CC(N)=O)c1. The second kappa shape index (κ2) is 4.27. The van der Waals surface area contributed by atoms with Gasteiger partial charge in [0.15, 0.2) is 0 Å². The molecule has 0 unspecified atom stereocenters. The highest BCUT2D eigenvalue weighted by Crippen LogP contribution is 2.06. The van der Waals surface area contributed by atoms with Gasteiger partial charge in [-0.2, -0.15) is 5.26 Å². The molecule has 0 fully saturated rings. The van der Waals surface area contributed by atoms with Gasteiger partial charge < -0.3 is 5.73 Å². The van der Waals surface area contributed by atoms with E-state index in [1.807, 2.05) is 30.3 Å². The maximum Gasteiger partial charge on any atom is 0.221 e. The molecule has 2 N–H and O–H groups in total. The van der Waals surface area contributed by atoms with Crippen molar-refractivity contribution < 1.29 is 4.79 Å². The molecule has 0 aliphatic heterocycles. The first kappa shape index (κ1) is 9.27. The number of carbonyl (C=O) groups is 1. The van der Waals surface area contributed by atoms with Crippen molar-refractivity contribution in [1.29, 1.82) is 5.26 Å². The molecule has 1 aromatic carbocycles. The Hall–Kier alpha value is -1.82. The van der Waals surface area contributed by atoms with Crippen molar-refractivity contribution in [3.05, 3.63) is 35.4 Å². The first-order chi connectivity index (χ1) is 6.22. The molecule has 0 heterocycles. The van der Waals surface area contributed by atoms with Gasteiger partial charge in [0.25, 0.3) is 0 Å². The summed E-state index contributed by atoms with van der Waals surface area (Å²) in [5.74, 6) is -0.353. The fraction of sp³-hybridized carbons (Fsp3) is 0.200. The molecule has 1 amide bonds. The third kappa shape index (κ3) is 2.96.